The quantitative estimate of drug-likeness (QED) is 0.793. The van der Waals surface area contributed by atoms with E-state index in [2.05, 4.69) is 0 Å². The maximum absolute atomic E-state index is 12.1. The van der Waals surface area contributed by atoms with Crippen LogP contribution >= 0.6 is 0 Å². The fraction of sp³-hybridized carbons (Fsp3) is 0.467. The van der Waals surface area contributed by atoms with Gasteiger partial charge in [-0.25, -0.2) is 0 Å². The van der Waals surface area contributed by atoms with Gasteiger partial charge in [-0.3, -0.25) is 9.59 Å². The highest BCUT2D eigenvalue weighted by atomic mass is 16.5. The third-order valence-electron chi connectivity index (χ3n) is 2.80. The zero-order valence-corrected chi connectivity index (χ0v) is 12.0. The molecule has 0 saturated carbocycles. The van der Waals surface area contributed by atoms with Gasteiger partial charge in [0.2, 0.25) is 0 Å². The maximum Gasteiger partial charge on any atom is 0.303 e. The average molecular weight is 279 g/mol. The normalized spacial score (nSPS) is 10.1. The minimum atomic E-state index is -0.844. The van der Waals surface area contributed by atoms with Crippen LogP contribution in [0.25, 0.3) is 0 Å². The first kappa shape index (κ1) is 16.0. The molecule has 0 heterocycles. The Morgan fingerprint density at radius 1 is 1.25 bits per heavy atom. The molecule has 1 rings (SSSR count). The van der Waals surface area contributed by atoms with Crippen molar-refractivity contribution in [2.45, 2.75) is 26.2 Å². The molecule has 5 heteroatoms. The molecule has 0 radical (unpaired) electrons. The number of aliphatic carboxylic acids is 1. The molecule has 1 aromatic carbocycles. The van der Waals surface area contributed by atoms with E-state index >= 15 is 0 Å². The van der Waals surface area contributed by atoms with Crippen LogP contribution in [0.3, 0.4) is 0 Å². The number of nitrogens with zero attached hydrogens (tertiary/aromatic N) is 1. The predicted octanol–water partition coefficient (Wildman–Crippen LogP) is 2.41. The molecule has 1 aromatic rings. The molecule has 5 nitrogen and oxygen atoms in total. The second kappa shape index (κ2) is 8.19. The molecular formula is C15H21NO4. The van der Waals surface area contributed by atoms with Crippen LogP contribution in [0.1, 0.15) is 36.5 Å². The Hall–Kier alpha value is -2.04. The van der Waals surface area contributed by atoms with Crippen LogP contribution in [0.15, 0.2) is 24.3 Å². The zero-order valence-electron chi connectivity index (χ0n) is 12.0. The summed E-state index contributed by atoms with van der Waals surface area (Å²) in [5.41, 5.74) is 0.576. The predicted molar refractivity (Wildman–Crippen MR) is 76.1 cm³/mol. The lowest BCUT2D eigenvalue weighted by Gasteiger charge is -2.16. The van der Waals surface area contributed by atoms with Gasteiger partial charge in [0, 0.05) is 25.6 Å². The molecule has 0 aromatic heterocycles. The molecule has 0 unspecified atom stereocenters. The molecule has 0 aliphatic rings. The van der Waals surface area contributed by atoms with Crippen molar-refractivity contribution in [3.63, 3.8) is 0 Å². The number of hydrogen-bond donors (Lipinski definition) is 1. The Labute approximate surface area is 119 Å². The number of carboxylic acid groups (broad SMARTS) is 1. The van der Waals surface area contributed by atoms with Crippen molar-refractivity contribution in [2.24, 2.45) is 0 Å². The number of amides is 1. The van der Waals surface area contributed by atoms with Gasteiger partial charge in [-0.05, 0) is 37.1 Å². The highest BCUT2D eigenvalue weighted by molar-refractivity contribution is 5.94. The summed E-state index contributed by atoms with van der Waals surface area (Å²) in [7, 11) is 1.67. The summed E-state index contributed by atoms with van der Waals surface area (Å²) >= 11 is 0. The Morgan fingerprint density at radius 3 is 2.45 bits per heavy atom. The third-order valence-corrected chi connectivity index (χ3v) is 2.80. The van der Waals surface area contributed by atoms with E-state index < -0.39 is 5.97 Å². The fourth-order valence-electron chi connectivity index (χ4n) is 1.70. The van der Waals surface area contributed by atoms with E-state index in [-0.39, 0.29) is 12.3 Å². The zero-order chi connectivity index (χ0) is 15.0. The van der Waals surface area contributed by atoms with Crippen molar-refractivity contribution in [1.82, 2.24) is 4.90 Å². The lowest BCUT2D eigenvalue weighted by molar-refractivity contribution is -0.137. The molecule has 0 saturated heterocycles. The summed E-state index contributed by atoms with van der Waals surface area (Å²) in [5.74, 6) is -0.211. The molecule has 0 atom stereocenters. The standard InChI is InChI=1S/C15H21NO4/c1-3-11-20-13-8-6-12(7-9-13)15(19)16(2)10-4-5-14(17)18/h6-9H,3-5,10-11H2,1-2H3,(H,17,18). The molecular weight excluding hydrogens is 258 g/mol. The molecule has 0 spiro atoms. The van der Waals surface area contributed by atoms with E-state index in [0.717, 1.165) is 12.2 Å². The molecule has 110 valence electrons. The number of ether oxygens (including phenoxy) is 1. The molecule has 0 fully saturated rings. The van der Waals surface area contributed by atoms with E-state index in [1.807, 2.05) is 6.92 Å². The van der Waals surface area contributed by atoms with Crippen molar-refractivity contribution < 1.29 is 19.4 Å². The maximum atomic E-state index is 12.1. The Bertz CT molecular complexity index is 442. The van der Waals surface area contributed by atoms with Gasteiger partial charge in [-0.15, -0.1) is 0 Å². The van der Waals surface area contributed by atoms with E-state index in [9.17, 15) is 9.59 Å². The Balaban J connectivity index is 2.51. The average Bonchev–Trinajstić information content (AvgIpc) is 2.44. The molecule has 0 aliphatic heterocycles. The molecule has 0 bridgehead atoms. The number of benzene rings is 1. The van der Waals surface area contributed by atoms with Gasteiger partial charge < -0.3 is 14.7 Å². The summed E-state index contributed by atoms with van der Waals surface area (Å²) in [6.45, 7) is 3.12. The second-order valence-corrected chi connectivity index (χ2v) is 4.60. The van der Waals surface area contributed by atoms with Gasteiger partial charge in [0.05, 0.1) is 6.61 Å². The largest absolute Gasteiger partial charge is 0.494 e. The summed E-state index contributed by atoms with van der Waals surface area (Å²) < 4.78 is 5.45. The van der Waals surface area contributed by atoms with E-state index in [4.69, 9.17) is 9.84 Å². The van der Waals surface area contributed by atoms with E-state index in [1.165, 1.54) is 4.90 Å². The first-order valence-electron chi connectivity index (χ1n) is 6.74. The highest BCUT2D eigenvalue weighted by Gasteiger charge is 2.11. The lowest BCUT2D eigenvalue weighted by Crippen LogP contribution is -2.28. The molecule has 1 N–H and O–H groups in total. The number of rotatable bonds is 8. The second-order valence-electron chi connectivity index (χ2n) is 4.60. The Kier molecular flexibility index (Phi) is 6.56. The van der Waals surface area contributed by atoms with Gasteiger partial charge in [0.1, 0.15) is 5.75 Å². The first-order valence-corrected chi connectivity index (χ1v) is 6.74. The summed E-state index contributed by atoms with van der Waals surface area (Å²) in [5, 5.41) is 8.57. The smallest absolute Gasteiger partial charge is 0.303 e. The van der Waals surface area contributed by atoms with Crippen LogP contribution in [0, 0.1) is 0 Å². The minimum absolute atomic E-state index is 0.0708. The van der Waals surface area contributed by atoms with Gasteiger partial charge in [0.25, 0.3) is 5.91 Å². The van der Waals surface area contributed by atoms with E-state index in [0.29, 0.717) is 25.1 Å². The number of carbonyl (C=O) groups is 2. The fourth-order valence-corrected chi connectivity index (χ4v) is 1.70. The van der Waals surface area contributed by atoms with Crippen LogP contribution in [0.4, 0.5) is 0 Å². The SMILES string of the molecule is CCCOc1ccc(C(=O)N(C)CCCC(=O)O)cc1. The van der Waals surface area contributed by atoms with Crippen molar-refractivity contribution in [3.05, 3.63) is 29.8 Å². The summed E-state index contributed by atoms with van der Waals surface area (Å²) in [6, 6.07) is 6.99. The number of carboxylic acids is 1. The monoisotopic (exact) mass is 279 g/mol. The van der Waals surface area contributed by atoms with Crippen molar-refractivity contribution in [3.8, 4) is 5.75 Å². The summed E-state index contributed by atoms with van der Waals surface area (Å²) in [6.07, 6.45) is 1.46. The van der Waals surface area contributed by atoms with Gasteiger partial charge in [-0.1, -0.05) is 6.92 Å². The summed E-state index contributed by atoms with van der Waals surface area (Å²) in [4.78, 5) is 24.0. The molecule has 0 aliphatic carbocycles. The number of hydrogen-bond acceptors (Lipinski definition) is 3. The van der Waals surface area contributed by atoms with Gasteiger partial charge in [0.15, 0.2) is 0 Å². The highest BCUT2D eigenvalue weighted by Crippen LogP contribution is 2.14. The van der Waals surface area contributed by atoms with Crippen LogP contribution in [-0.2, 0) is 4.79 Å². The third kappa shape index (κ3) is 5.30. The topological polar surface area (TPSA) is 66.8 Å². The lowest BCUT2D eigenvalue weighted by atomic mass is 10.2. The van der Waals surface area contributed by atoms with Crippen LogP contribution in [0.2, 0.25) is 0 Å². The first-order chi connectivity index (χ1) is 9.54. The van der Waals surface area contributed by atoms with Gasteiger partial charge in [-0.2, -0.15) is 0 Å². The minimum Gasteiger partial charge on any atom is -0.494 e. The van der Waals surface area contributed by atoms with Crippen LogP contribution in [0.5, 0.6) is 5.75 Å². The molecule has 1 amide bonds. The van der Waals surface area contributed by atoms with Crippen LogP contribution < -0.4 is 4.74 Å². The molecule has 20 heavy (non-hydrogen) atoms. The van der Waals surface area contributed by atoms with Crippen molar-refractivity contribution in [1.29, 1.82) is 0 Å². The van der Waals surface area contributed by atoms with Crippen molar-refractivity contribution in [2.75, 3.05) is 20.2 Å². The van der Waals surface area contributed by atoms with Crippen LogP contribution in [-0.4, -0.2) is 42.1 Å². The van der Waals surface area contributed by atoms with Gasteiger partial charge >= 0.3 is 5.97 Å². The Morgan fingerprint density at radius 2 is 1.90 bits per heavy atom. The number of carbonyl (C=O) groups excluding carboxylic acids is 1. The van der Waals surface area contributed by atoms with E-state index in [1.54, 1.807) is 31.3 Å². The van der Waals surface area contributed by atoms with Crippen molar-refractivity contribution >= 4 is 11.9 Å².